The standard InChI is InChI=1S/C9H10N4O/c1-9(11-12-10)7-5-3-4-6-8(7)13(2)14-9/h3-6H,1-2H3. The van der Waals surface area contributed by atoms with Gasteiger partial charge in [-0.25, -0.2) is 0 Å². The molecule has 0 saturated heterocycles. The van der Waals surface area contributed by atoms with E-state index in [9.17, 15) is 0 Å². The van der Waals surface area contributed by atoms with Crippen LogP contribution in [0, 0.1) is 0 Å². The number of benzene rings is 1. The van der Waals surface area contributed by atoms with Crippen molar-refractivity contribution in [3.05, 3.63) is 40.3 Å². The van der Waals surface area contributed by atoms with E-state index >= 15 is 0 Å². The first-order chi connectivity index (χ1) is 6.67. The predicted octanol–water partition coefficient (Wildman–Crippen LogP) is 2.55. The fraction of sp³-hybridized carbons (Fsp3) is 0.333. The number of fused-ring (bicyclic) bond motifs is 1. The monoisotopic (exact) mass is 190 g/mol. The Labute approximate surface area is 81.5 Å². The second-order valence-electron chi connectivity index (χ2n) is 3.28. The van der Waals surface area contributed by atoms with Gasteiger partial charge in [-0.05, 0) is 18.5 Å². The molecule has 0 N–H and O–H groups in total. The first-order valence-electron chi connectivity index (χ1n) is 4.26. The molecule has 5 nitrogen and oxygen atoms in total. The van der Waals surface area contributed by atoms with Crippen molar-refractivity contribution in [2.24, 2.45) is 5.11 Å². The lowest BCUT2D eigenvalue weighted by atomic mass is 10.0. The van der Waals surface area contributed by atoms with Crippen LogP contribution in [0.5, 0.6) is 0 Å². The highest BCUT2D eigenvalue weighted by Gasteiger charge is 2.38. The number of hydroxylamine groups is 1. The van der Waals surface area contributed by atoms with Crippen molar-refractivity contribution in [3.63, 3.8) is 0 Å². The Bertz CT molecular complexity index is 413. The summed E-state index contributed by atoms with van der Waals surface area (Å²) >= 11 is 0. The third kappa shape index (κ3) is 1.11. The highest BCUT2D eigenvalue weighted by molar-refractivity contribution is 5.56. The van der Waals surface area contributed by atoms with Crippen LogP contribution in [0.4, 0.5) is 5.69 Å². The molecule has 0 radical (unpaired) electrons. The van der Waals surface area contributed by atoms with Gasteiger partial charge in [0.2, 0.25) is 0 Å². The summed E-state index contributed by atoms with van der Waals surface area (Å²) in [5.41, 5.74) is 9.37. The van der Waals surface area contributed by atoms with Crippen molar-refractivity contribution in [3.8, 4) is 0 Å². The summed E-state index contributed by atoms with van der Waals surface area (Å²) in [5.74, 6) is 0. The summed E-state index contributed by atoms with van der Waals surface area (Å²) in [6.07, 6.45) is 0. The first-order valence-corrected chi connectivity index (χ1v) is 4.26. The van der Waals surface area contributed by atoms with Gasteiger partial charge in [-0.15, -0.1) is 0 Å². The summed E-state index contributed by atoms with van der Waals surface area (Å²) in [7, 11) is 1.79. The molecule has 1 aromatic carbocycles. The number of hydrogen-bond acceptors (Lipinski definition) is 3. The minimum atomic E-state index is -0.917. The molecule has 0 amide bonds. The molecule has 0 aliphatic carbocycles. The number of rotatable bonds is 1. The molecule has 1 aliphatic rings. The van der Waals surface area contributed by atoms with Crippen LogP contribution in [0.15, 0.2) is 29.4 Å². The zero-order valence-corrected chi connectivity index (χ0v) is 8.01. The average Bonchev–Trinajstić information content (AvgIpc) is 2.41. The highest BCUT2D eigenvalue weighted by atomic mass is 16.7. The minimum Gasteiger partial charge on any atom is -0.256 e. The van der Waals surface area contributed by atoms with Gasteiger partial charge in [0.1, 0.15) is 0 Å². The Balaban J connectivity index is 2.58. The fourth-order valence-corrected chi connectivity index (χ4v) is 1.66. The van der Waals surface area contributed by atoms with E-state index in [0.29, 0.717) is 0 Å². The number of para-hydroxylation sites is 1. The molecule has 0 spiro atoms. The molecule has 1 aliphatic heterocycles. The third-order valence-corrected chi connectivity index (χ3v) is 2.29. The maximum absolute atomic E-state index is 8.46. The molecule has 5 heteroatoms. The highest BCUT2D eigenvalue weighted by Crippen LogP contribution is 2.41. The van der Waals surface area contributed by atoms with E-state index in [1.54, 1.807) is 19.0 Å². The molecule has 2 rings (SSSR count). The lowest BCUT2D eigenvalue weighted by Crippen LogP contribution is -2.22. The van der Waals surface area contributed by atoms with Crippen LogP contribution in [0.2, 0.25) is 0 Å². The molecular formula is C9H10N4O. The van der Waals surface area contributed by atoms with Crippen molar-refractivity contribution in [1.82, 2.24) is 0 Å². The van der Waals surface area contributed by atoms with E-state index in [4.69, 9.17) is 10.4 Å². The van der Waals surface area contributed by atoms with Crippen molar-refractivity contribution >= 4 is 5.69 Å². The molecule has 0 bridgehead atoms. The van der Waals surface area contributed by atoms with E-state index in [0.717, 1.165) is 11.3 Å². The van der Waals surface area contributed by atoms with E-state index in [1.165, 1.54) is 0 Å². The molecule has 72 valence electrons. The number of hydrogen-bond donors (Lipinski definition) is 0. The summed E-state index contributed by atoms with van der Waals surface area (Å²) < 4.78 is 0. The first kappa shape index (κ1) is 8.87. The Morgan fingerprint density at radius 3 is 2.93 bits per heavy atom. The van der Waals surface area contributed by atoms with Crippen molar-refractivity contribution in [2.45, 2.75) is 12.6 Å². The van der Waals surface area contributed by atoms with Crippen LogP contribution < -0.4 is 5.06 Å². The van der Waals surface area contributed by atoms with Crippen molar-refractivity contribution < 1.29 is 4.84 Å². The number of azide groups is 1. The van der Waals surface area contributed by atoms with E-state index < -0.39 is 5.72 Å². The van der Waals surface area contributed by atoms with Crippen molar-refractivity contribution in [1.29, 1.82) is 0 Å². The molecule has 0 fully saturated rings. The minimum absolute atomic E-state index is 0.889. The predicted molar refractivity (Wildman–Crippen MR) is 52.4 cm³/mol. The lowest BCUT2D eigenvalue weighted by molar-refractivity contribution is -0.0185. The molecular weight excluding hydrogens is 180 g/mol. The van der Waals surface area contributed by atoms with Gasteiger partial charge in [0.15, 0.2) is 5.72 Å². The van der Waals surface area contributed by atoms with Gasteiger partial charge in [-0.2, -0.15) is 0 Å². The Morgan fingerprint density at radius 1 is 1.50 bits per heavy atom. The Kier molecular flexibility index (Phi) is 1.84. The zero-order chi connectivity index (χ0) is 10.2. The van der Waals surface area contributed by atoms with Crippen LogP contribution in [-0.2, 0) is 10.6 Å². The SMILES string of the molecule is CN1OC(C)(N=[N+]=[N-])c2ccccc21. The van der Waals surface area contributed by atoms with E-state index in [-0.39, 0.29) is 0 Å². The quantitative estimate of drug-likeness (QED) is 0.388. The van der Waals surface area contributed by atoms with Gasteiger partial charge < -0.3 is 0 Å². The fourth-order valence-electron chi connectivity index (χ4n) is 1.66. The molecule has 1 unspecified atom stereocenters. The summed E-state index contributed by atoms with van der Waals surface area (Å²) in [4.78, 5) is 8.27. The van der Waals surface area contributed by atoms with Gasteiger partial charge in [0.05, 0.1) is 5.69 Å². The second-order valence-corrected chi connectivity index (χ2v) is 3.28. The molecule has 0 saturated carbocycles. The smallest absolute Gasteiger partial charge is 0.199 e. The Hall–Kier alpha value is -1.71. The van der Waals surface area contributed by atoms with Crippen LogP contribution >= 0.6 is 0 Å². The van der Waals surface area contributed by atoms with Crippen LogP contribution in [0.25, 0.3) is 10.4 Å². The van der Waals surface area contributed by atoms with Crippen molar-refractivity contribution in [2.75, 3.05) is 12.1 Å². The maximum atomic E-state index is 8.46. The molecule has 0 aromatic heterocycles. The maximum Gasteiger partial charge on any atom is 0.199 e. The summed E-state index contributed by atoms with van der Waals surface area (Å²) in [6.45, 7) is 1.75. The number of nitrogens with zero attached hydrogens (tertiary/aromatic N) is 4. The van der Waals surface area contributed by atoms with Gasteiger partial charge in [-0.3, -0.25) is 9.90 Å². The van der Waals surface area contributed by atoms with E-state index in [2.05, 4.69) is 10.0 Å². The van der Waals surface area contributed by atoms with Crippen LogP contribution in [-0.4, -0.2) is 7.05 Å². The Morgan fingerprint density at radius 2 is 2.21 bits per heavy atom. The second kappa shape index (κ2) is 2.90. The van der Waals surface area contributed by atoms with Gasteiger partial charge in [-0.1, -0.05) is 23.3 Å². The lowest BCUT2D eigenvalue weighted by Gasteiger charge is -2.18. The van der Waals surface area contributed by atoms with Crippen LogP contribution in [0.1, 0.15) is 12.5 Å². The molecule has 1 aromatic rings. The number of anilines is 1. The summed E-state index contributed by atoms with van der Waals surface area (Å²) in [5, 5.41) is 5.28. The van der Waals surface area contributed by atoms with Gasteiger partial charge >= 0.3 is 0 Å². The largest absolute Gasteiger partial charge is 0.256 e. The molecule has 1 atom stereocenters. The van der Waals surface area contributed by atoms with Gasteiger partial charge in [0, 0.05) is 17.5 Å². The average molecular weight is 190 g/mol. The molecule has 1 heterocycles. The normalized spacial score (nSPS) is 24.3. The van der Waals surface area contributed by atoms with Crippen LogP contribution in [0.3, 0.4) is 0 Å². The topological polar surface area (TPSA) is 61.2 Å². The van der Waals surface area contributed by atoms with Gasteiger partial charge in [0.25, 0.3) is 0 Å². The summed E-state index contributed by atoms with van der Waals surface area (Å²) in [6, 6.07) is 7.63. The van der Waals surface area contributed by atoms with E-state index in [1.807, 2.05) is 24.3 Å². The molecule has 14 heavy (non-hydrogen) atoms. The third-order valence-electron chi connectivity index (χ3n) is 2.29. The zero-order valence-electron chi connectivity index (χ0n) is 8.01.